The molecule has 0 fully saturated rings. The third-order valence-corrected chi connectivity index (χ3v) is 4.83. The van der Waals surface area contributed by atoms with Gasteiger partial charge in [0, 0.05) is 10.9 Å². The van der Waals surface area contributed by atoms with Gasteiger partial charge in [0.15, 0.2) is 5.58 Å². The molecule has 98 valence electrons. The third-order valence-electron chi connectivity index (χ3n) is 2.95. The number of nitrogens with zero attached hydrogens (tertiary/aromatic N) is 1. The topological polar surface area (TPSA) is 58.9 Å². The maximum absolute atomic E-state index is 11.2. The Morgan fingerprint density at radius 2 is 2.15 bits per heavy atom. The number of benzene rings is 1. The van der Waals surface area contributed by atoms with E-state index >= 15 is 0 Å². The van der Waals surface area contributed by atoms with E-state index in [0.717, 1.165) is 21.1 Å². The fourth-order valence-electron chi connectivity index (χ4n) is 2.02. The van der Waals surface area contributed by atoms with Crippen LogP contribution in [0.3, 0.4) is 0 Å². The highest BCUT2D eigenvalue weighted by atomic mass is 32.1. The highest BCUT2D eigenvalue weighted by Gasteiger charge is 2.09. The van der Waals surface area contributed by atoms with Crippen LogP contribution in [0.5, 0.6) is 0 Å². The molecule has 0 atom stereocenters. The highest BCUT2D eigenvalue weighted by Crippen LogP contribution is 2.32. The Kier molecular flexibility index (Phi) is 2.58. The number of aromatic amines is 1. The molecule has 4 rings (SSSR count). The van der Waals surface area contributed by atoms with Gasteiger partial charge >= 0.3 is 5.76 Å². The van der Waals surface area contributed by atoms with E-state index in [1.165, 1.54) is 0 Å². The predicted molar refractivity (Wildman–Crippen MR) is 81.3 cm³/mol. The van der Waals surface area contributed by atoms with Gasteiger partial charge in [-0.15, -0.1) is 22.7 Å². The maximum Gasteiger partial charge on any atom is 0.417 e. The minimum absolute atomic E-state index is 0.435. The lowest BCUT2D eigenvalue weighted by Gasteiger charge is -1.95. The summed E-state index contributed by atoms with van der Waals surface area (Å²) >= 11 is 3.29. The number of H-pyrrole nitrogens is 1. The van der Waals surface area contributed by atoms with Gasteiger partial charge in [0.2, 0.25) is 0 Å². The number of oxazole rings is 1. The van der Waals surface area contributed by atoms with E-state index in [1.54, 1.807) is 22.7 Å². The number of rotatable bonds is 2. The molecule has 0 saturated carbocycles. The van der Waals surface area contributed by atoms with Crippen molar-refractivity contribution in [2.24, 2.45) is 0 Å². The Labute approximate surface area is 121 Å². The van der Waals surface area contributed by atoms with Gasteiger partial charge in [-0.2, -0.15) is 0 Å². The Morgan fingerprint density at radius 1 is 1.20 bits per heavy atom. The zero-order valence-electron chi connectivity index (χ0n) is 10.1. The Bertz CT molecular complexity index is 932. The second-order valence-corrected chi connectivity index (χ2v) is 6.05. The largest absolute Gasteiger partial charge is 0.417 e. The van der Waals surface area contributed by atoms with Gasteiger partial charge in [-0.25, -0.2) is 9.78 Å². The molecule has 0 amide bonds. The van der Waals surface area contributed by atoms with Gasteiger partial charge in [-0.05, 0) is 23.6 Å². The molecule has 0 spiro atoms. The Balaban J connectivity index is 1.80. The number of fused-ring (bicyclic) bond motifs is 1. The number of aromatic nitrogens is 2. The number of thiazole rings is 1. The van der Waals surface area contributed by atoms with Crippen molar-refractivity contribution in [3.63, 3.8) is 0 Å². The molecule has 20 heavy (non-hydrogen) atoms. The minimum atomic E-state index is -0.435. The molecule has 1 N–H and O–H groups in total. The Hall–Kier alpha value is -2.18. The number of nitrogens with one attached hydrogen (secondary N) is 1. The molecule has 0 unspecified atom stereocenters. The van der Waals surface area contributed by atoms with Crippen LogP contribution in [0.4, 0.5) is 0 Å². The Morgan fingerprint density at radius 3 is 3.00 bits per heavy atom. The number of thiophene rings is 1. The van der Waals surface area contributed by atoms with Gasteiger partial charge < -0.3 is 4.42 Å². The predicted octanol–water partition coefficient (Wildman–Crippen LogP) is 3.97. The summed E-state index contributed by atoms with van der Waals surface area (Å²) in [5.74, 6) is -0.435. The van der Waals surface area contributed by atoms with E-state index in [1.807, 2.05) is 35.0 Å². The molecular formula is C14H8N2O2S2. The van der Waals surface area contributed by atoms with E-state index < -0.39 is 5.76 Å². The molecule has 0 bridgehead atoms. The first-order valence-electron chi connectivity index (χ1n) is 5.92. The fourth-order valence-corrected chi connectivity index (χ4v) is 3.67. The second kappa shape index (κ2) is 4.43. The van der Waals surface area contributed by atoms with Crippen LogP contribution in [0, 0.1) is 0 Å². The zero-order valence-corrected chi connectivity index (χ0v) is 11.8. The van der Waals surface area contributed by atoms with Crippen LogP contribution in [0.15, 0.2) is 50.3 Å². The van der Waals surface area contributed by atoms with Crippen molar-refractivity contribution in [1.29, 1.82) is 0 Å². The average molecular weight is 300 g/mol. The first kappa shape index (κ1) is 11.6. The minimum Gasteiger partial charge on any atom is -0.408 e. The van der Waals surface area contributed by atoms with Crippen LogP contribution >= 0.6 is 22.7 Å². The lowest BCUT2D eigenvalue weighted by atomic mass is 10.1. The summed E-state index contributed by atoms with van der Waals surface area (Å²) in [6.45, 7) is 0. The molecule has 3 aromatic heterocycles. The molecule has 0 radical (unpaired) electrons. The summed E-state index contributed by atoms with van der Waals surface area (Å²) < 4.78 is 5.08. The monoisotopic (exact) mass is 300 g/mol. The van der Waals surface area contributed by atoms with Gasteiger partial charge in [0.25, 0.3) is 0 Å². The molecule has 0 saturated heterocycles. The lowest BCUT2D eigenvalue weighted by Crippen LogP contribution is -1.92. The maximum atomic E-state index is 11.2. The molecule has 0 aliphatic heterocycles. The van der Waals surface area contributed by atoms with Gasteiger partial charge in [0.05, 0.1) is 16.1 Å². The molecule has 1 aromatic carbocycles. The lowest BCUT2D eigenvalue weighted by molar-refractivity contribution is 0.555. The molecule has 6 heteroatoms. The van der Waals surface area contributed by atoms with Crippen LogP contribution in [-0.4, -0.2) is 9.97 Å². The highest BCUT2D eigenvalue weighted by molar-refractivity contribution is 7.20. The quantitative estimate of drug-likeness (QED) is 0.609. The smallest absolute Gasteiger partial charge is 0.408 e. The zero-order chi connectivity index (χ0) is 13.5. The van der Waals surface area contributed by atoms with Gasteiger partial charge in [0.1, 0.15) is 5.01 Å². The van der Waals surface area contributed by atoms with Crippen LogP contribution in [0.2, 0.25) is 0 Å². The van der Waals surface area contributed by atoms with Gasteiger partial charge in [-0.3, -0.25) is 4.98 Å². The first-order valence-corrected chi connectivity index (χ1v) is 7.68. The van der Waals surface area contributed by atoms with E-state index in [4.69, 9.17) is 4.42 Å². The van der Waals surface area contributed by atoms with Crippen molar-refractivity contribution in [3.8, 4) is 21.1 Å². The van der Waals surface area contributed by atoms with Crippen molar-refractivity contribution in [2.75, 3.05) is 0 Å². The standard InChI is InChI=1S/C14H8N2O2S2/c17-14-16-9-4-3-8(6-11(9)18-14)10-7-20-13(15-10)12-2-1-5-19-12/h1-7H,(H,16,17). The van der Waals surface area contributed by atoms with Crippen LogP contribution in [0.25, 0.3) is 32.2 Å². The SMILES string of the molecule is O=c1[nH]c2ccc(-c3csc(-c4cccs4)n3)cc2o1. The normalized spacial score (nSPS) is 11.2. The van der Waals surface area contributed by atoms with Crippen molar-refractivity contribution in [1.82, 2.24) is 9.97 Å². The fraction of sp³-hybridized carbons (Fsp3) is 0. The van der Waals surface area contributed by atoms with E-state index in [9.17, 15) is 4.79 Å². The average Bonchev–Trinajstić information content (AvgIpc) is 3.17. The molecule has 3 heterocycles. The number of hydrogen-bond donors (Lipinski definition) is 1. The van der Waals surface area contributed by atoms with E-state index in [0.29, 0.717) is 11.1 Å². The van der Waals surface area contributed by atoms with E-state index in [-0.39, 0.29) is 0 Å². The second-order valence-electron chi connectivity index (χ2n) is 4.24. The third kappa shape index (κ3) is 1.90. The molecule has 0 aliphatic rings. The summed E-state index contributed by atoms with van der Waals surface area (Å²) in [7, 11) is 0. The summed E-state index contributed by atoms with van der Waals surface area (Å²) in [4.78, 5) is 19.6. The van der Waals surface area contributed by atoms with Gasteiger partial charge in [-0.1, -0.05) is 12.1 Å². The summed E-state index contributed by atoms with van der Waals surface area (Å²) in [6, 6.07) is 9.67. The van der Waals surface area contributed by atoms with E-state index in [2.05, 4.69) is 16.0 Å². The summed E-state index contributed by atoms with van der Waals surface area (Å²) in [6.07, 6.45) is 0. The van der Waals surface area contributed by atoms with Crippen LogP contribution in [-0.2, 0) is 0 Å². The molecule has 0 aliphatic carbocycles. The van der Waals surface area contributed by atoms with Crippen LogP contribution < -0.4 is 5.76 Å². The molecule has 4 aromatic rings. The van der Waals surface area contributed by atoms with Crippen molar-refractivity contribution >= 4 is 33.8 Å². The summed E-state index contributed by atoms with van der Waals surface area (Å²) in [5, 5.41) is 5.06. The molecular weight excluding hydrogens is 292 g/mol. The first-order chi connectivity index (χ1) is 9.79. The molecule has 4 nitrogen and oxygen atoms in total. The number of hydrogen-bond acceptors (Lipinski definition) is 5. The van der Waals surface area contributed by atoms with Crippen molar-refractivity contribution in [3.05, 3.63) is 51.6 Å². The van der Waals surface area contributed by atoms with Crippen LogP contribution in [0.1, 0.15) is 0 Å². The summed E-state index contributed by atoms with van der Waals surface area (Å²) in [5.41, 5.74) is 3.09. The van der Waals surface area contributed by atoms with Crippen molar-refractivity contribution < 1.29 is 4.42 Å². The van der Waals surface area contributed by atoms with Crippen molar-refractivity contribution in [2.45, 2.75) is 0 Å².